The van der Waals surface area contributed by atoms with Crippen LogP contribution in [0.15, 0.2) is 16.0 Å². The summed E-state index contributed by atoms with van der Waals surface area (Å²) in [6, 6.07) is 0. The van der Waals surface area contributed by atoms with E-state index >= 15 is 0 Å². The van der Waals surface area contributed by atoms with Crippen LogP contribution in [0.4, 0.5) is 0 Å². The zero-order valence-corrected chi connectivity index (χ0v) is 20.0. The van der Waals surface area contributed by atoms with Crippen molar-refractivity contribution in [2.24, 2.45) is 11.8 Å². The highest BCUT2D eigenvalue weighted by Gasteiger charge is 2.36. The number of hydrogen-bond acceptors (Lipinski definition) is 6. The summed E-state index contributed by atoms with van der Waals surface area (Å²) in [6.07, 6.45) is 5.40. The lowest BCUT2D eigenvalue weighted by molar-refractivity contribution is -0.132. The molecular formula is C21H30N4O4S2. The average molecular weight is 467 g/mol. The Bertz CT molecular complexity index is 1140. The van der Waals surface area contributed by atoms with E-state index in [0.717, 1.165) is 25.7 Å². The van der Waals surface area contributed by atoms with E-state index in [9.17, 15) is 18.0 Å². The lowest BCUT2D eigenvalue weighted by atomic mass is 9.94. The van der Waals surface area contributed by atoms with E-state index in [2.05, 4.69) is 18.8 Å². The molecule has 2 aliphatic rings. The Morgan fingerprint density at radius 1 is 1.16 bits per heavy atom. The molecule has 2 aromatic rings. The monoisotopic (exact) mass is 466 g/mol. The second-order valence-corrected chi connectivity index (χ2v) is 12.1. The van der Waals surface area contributed by atoms with Crippen LogP contribution in [0.1, 0.15) is 44.4 Å². The van der Waals surface area contributed by atoms with E-state index in [4.69, 9.17) is 0 Å². The molecule has 170 valence electrons. The van der Waals surface area contributed by atoms with Gasteiger partial charge in [-0.15, -0.1) is 11.3 Å². The van der Waals surface area contributed by atoms with Gasteiger partial charge in [0.1, 0.15) is 16.3 Å². The van der Waals surface area contributed by atoms with Crippen LogP contribution in [0.2, 0.25) is 0 Å². The third-order valence-corrected chi connectivity index (χ3v) is 9.39. The molecule has 2 saturated heterocycles. The van der Waals surface area contributed by atoms with Gasteiger partial charge in [-0.1, -0.05) is 13.8 Å². The summed E-state index contributed by atoms with van der Waals surface area (Å²) in [6.45, 7) is 8.01. The molecule has 0 aliphatic carbocycles. The third-order valence-electron chi connectivity index (χ3n) is 6.25. The average Bonchev–Trinajstić information content (AvgIpc) is 3.07. The second-order valence-electron chi connectivity index (χ2n) is 9.05. The maximum atomic E-state index is 13.6. The zero-order chi connectivity index (χ0) is 22.3. The molecule has 2 fully saturated rings. The van der Waals surface area contributed by atoms with Gasteiger partial charge in [0.25, 0.3) is 5.56 Å². The summed E-state index contributed by atoms with van der Waals surface area (Å²) in [5.41, 5.74) is -0.462. The Balaban J connectivity index is 1.73. The first-order valence-corrected chi connectivity index (χ1v) is 13.2. The number of hydrogen-bond donors (Lipinski definition) is 0. The van der Waals surface area contributed by atoms with Gasteiger partial charge in [0, 0.05) is 31.1 Å². The van der Waals surface area contributed by atoms with Gasteiger partial charge in [0.2, 0.25) is 15.9 Å². The van der Waals surface area contributed by atoms with E-state index in [-0.39, 0.29) is 34.6 Å². The van der Waals surface area contributed by atoms with Crippen molar-refractivity contribution in [3.05, 3.63) is 21.6 Å². The summed E-state index contributed by atoms with van der Waals surface area (Å²) in [5.74, 6) is 0.402. The molecule has 0 radical (unpaired) electrons. The fourth-order valence-electron chi connectivity index (χ4n) is 4.86. The minimum Gasteiger partial charge on any atom is -0.341 e. The number of thiophene rings is 1. The molecule has 0 saturated carbocycles. The van der Waals surface area contributed by atoms with Gasteiger partial charge in [0.05, 0.1) is 11.7 Å². The first-order valence-electron chi connectivity index (χ1n) is 10.9. The van der Waals surface area contributed by atoms with E-state index in [1.807, 2.05) is 0 Å². The number of aromatic nitrogens is 2. The number of amides is 1. The Labute approximate surface area is 186 Å². The SMILES string of the molecule is Cc1sc2ncn(CC(=O)N3CCCCC3)c(=O)c2c1S(=O)(=O)N1C[C@@H](C)C[C@H](C)C1. The lowest BCUT2D eigenvalue weighted by Gasteiger charge is -2.34. The summed E-state index contributed by atoms with van der Waals surface area (Å²) in [5, 5.41) is 0.113. The quantitative estimate of drug-likeness (QED) is 0.690. The second kappa shape index (κ2) is 8.63. The largest absolute Gasteiger partial charge is 0.341 e. The van der Waals surface area contributed by atoms with Gasteiger partial charge in [0.15, 0.2) is 0 Å². The van der Waals surface area contributed by atoms with Gasteiger partial charge in [-0.25, -0.2) is 13.4 Å². The number of nitrogens with zero attached hydrogens (tertiary/aromatic N) is 4. The fraction of sp³-hybridized carbons (Fsp3) is 0.667. The van der Waals surface area contributed by atoms with Crippen molar-refractivity contribution >= 4 is 37.5 Å². The first-order chi connectivity index (χ1) is 14.7. The molecule has 1 amide bonds. The number of fused-ring (bicyclic) bond motifs is 1. The number of likely N-dealkylation sites (tertiary alicyclic amines) is 1. The van der Waals surface area contributed by atoms with E-state index in [1.54, 1.807) is 11.8 Å². The van der Waals surface area contributed by atoms with Crippen LogP contribution in [-0.2, 0) is 21.4 Å². The lowest BCUT2D eigenvalue weighted by Crippen LogP contribution is -2.43. The van der Waals surface area contributed by atoms with Gasteiger partial charge in [-0.2, -0.15) is 4.31 Å². The van der Waals surface area contributed by atoms with Crippen molar-refractivity contribution in [2.75, 3.05) is 26.2 Å². The minimum atomic E-state index is -3.83. The van der Waals surface area contributed by atoms with Crippen molar-refractivity contribution in [3.63, 3.8) is 0 Å². The van der Waals surface area contributed by atoms with Gasteiger partial charge in [-0.3, -0.25) is 14.2 Å². The minimum absolute atomic E-state index is 0.0612. The molecule has 0 N–H and O–H groups in total. The highest BCUT2D eigenvalue weighted by atomic mass is 32.2. The maximum Gasteiger partial charge on any atom is 0.263 e. The molecule has 2 atom stereocenters. The Morgan fingerprint density at radius 3 is 2.45 bits per heavy atom. The molecule has 0 bridgehead atoms. The number of sulfonamides is 1. The number of carbonyl (C=O) groups is 1. The first kappa shape index (κ1) is 22.4. The normalized spacial score (nSPS) is 23.4. The van der Waals surface area contributed by atoms with Crippen LogP contribution >= 0.6 is 11.3 Å². The Kier molecular flexibility index (Phi) is 6.24. The van der Waals surface area contributed by atoms with E-state index < -0.39 is 15.6 Å². The summed E-state index contributed by atoms with van der Waals surface area (Å²) < 4.78 is 29.9. The van der Waals surface area contributed by atoms with Crippen LogP contribution in [0.25, 0.3) is 10.2 Å². The molecular weight excluding hydrogens is 436 g/mol. The van der Waals surface area contributed by atoms with E-state index in [0.29, 0.717) is 35.9 Å². The van der Waals surface area contributed by atoms with Crippen molar-refractivity contribution in [3.8, 4) is 0 Å². The molecule has 4 heterocycles. The highest BCUT2D eigenvalue weighted by molar-refractivity contribution is 7.89. The standard InChI is InChI=1S/C21H30N4O4S2/c1-14-9-15(2)11-25(10-14)31(28,29)19-16(3)30-20-18(19)21(27)24(13-22-20)12-17(26)23-7-5-4-6-8-23/h13-15H,4-12H2,1-3H3/t14-,15-/m0/s1. The number of piperidine rings is 2. The Morgan fingerprint density at radius 2 is 1.81 bits per heavy atom. The molecule has 10 heteroatoms. The van der Waals surface area contributed by atoms with Crippen LogP contribution in [0, 0.1) is 18.8 Å². The van der Waals surface area contributed by atoms with Gasteiger partial charge in [-0.05, 0) is 44.4 Å². The van der Waals surface area contributed by atoms with Crippen molar-refractivity contribution in [1.82, 2.24) is 18.8 Å². The predicted octanol–water partition coefficient (Wildman–Crippen LogP) is 2.45. The van der Waals surface area contributed by atoms with Crippen LogP contribution in [-0.4, -0.2) is 59.3 Å². The van der Waals surface area contributed by atoms with Crippen molar-refractivity contribution in [2.45, 2.75) is 57.9 Å². The molecule has 31 heavy (non-hydrogen) atoms. The third kappa shape index (κ3) is 4.29. The van der Waals surface area contributed by atoms with Gasteiger partial charge >= 0.3 is 0 Å². The van der Waals surface area contributed by atoms with Crippen LogP contribution in [0.5, 0.6) is 0 Å². The molecule has 8 nitrogen and oxygen atoms in total. The Hall–Kier alpha value is -1.78. The molecule has 4 rings (SSSR count). The van der Waals surface area contributed by atoms with Crippen molar-refractivity contribution < 1.29 is 13.2 Å². The summed E-state index contributed by atoms with van der Waals surface area (Å²) >= 11 is 1.22. The number of rotatable bonds is 4. The molecule has 0 aromatic carbocycles. The molecule has 2 aliphatic heterocycles. The topological polar surface area (TPSA) is 92.6 Å². The maximum absolute atomic E-state index is 13.6. The number of aryl methyl sites for hydroxylation is 1. The summed E-state index contributed by atoms with van der Waals surface area (Å²) in [4.78, 5) is 33.1. The number of carbonyl (C=O) groups excluding carboxylic acids is 1. The smallest absolute Gasteiger partial charge is 0.263 e. The molecule has 2 aromatic heterocycles. The summed E-state index contributed by atoms with van der Waals surface area (Å²) in [7, 11) is -3.83. The predicted molar refractivity (Wildman–Crippen MR) is 121 cm³/mol. The molecule has 0 unspecified atom stereocenters. The van der Waals surface area contributed by atoms with Crippen LogP contribution in [0.3, 0.4) is 0 Å². The van der Waals surface area contributed by atoms with Gasteiger partial charge < -0.3 is 4.90 Å². The fourth-order valence-corrected chi connectivity index (χ4v) is 8.20. The highest BCUT2D eigenvalue weighted by Crippen LogP contribution is 2.35. The van der Waals surface area contributed by atoms with E-state index in [1.165, 1.54) is 26.5 Å². The van der Waals surface area contributed by atoms with Crippen molar-refractivity contribution in [1.29, 1.82) is 0 Å². The zero-order valence-electron chi connectivity index (χ0n) is 18.3. The van der Waals surface area contributed by atoms with Crippen LogP contribution < -0.4 is 5.56 Å². The molecule has 0 spiro atoms.